The van der Waals surface area contributed by atoms with Crippen molar-refractivity contribution in [2.45, 2.75) is 53.5 Å². The number of aromatic nitrogens is 4. The van der Waals surface area contributed by atoms with E-state index in [4.69, 9.17) is 4.98 Å². The molecule has 0 bridgehead atoms. The van der Waals surface area contributed by atoms with Gasteiger partial charge in [0.05, 0.1) is 6.04 Å². The Labute approximate surface area is 343 Å². The second-order valence-electron chi connectivity index (χ2n) is 15.1. The second-order valence-corrected chi connectivity index (χ2v) is 15.1. The summed E-state index contributed by atoms with van der Waals surface area (Å²) in [6, 6.07) is 55.7. The maximum Gasteiger partial charge on any atom is 0.188 e. The fourth-order valence-corrected chi connectivity index (χ4v) is 8.21. The number of pyridine rings is 1. The zero-order chi connectivity index (χ0) is 37.8. The van der Waals surface area contributed by atoms with Crippen molar-refractivity contribution in [1.29, 1.82) is 0 Å². The van der Waals surface area contributed by atoms with Crippen LogP contribution in [-0.2, 0) is 21.1 Å². The fraction of sp³-hybridized carbons (Fsp3) is 0.160. The van der Waals surface area contributed by atoms with Crippen molar-refractivity contribution >= 4 is 49.9 Å². The number of nitrogens with zero attached hydrogens (tertiary/aromatic N) is 5. The molecule has 0 radical (unpaired) electrons. The van der Waals surface area contributed by atoms with Gasteiger partial charge in [-0.15, -0.1) is 29.7 Å². The van der Waals surface area contributed by atoms with Gasteiger partial charge < -0.3 is 9.47 Å². The SMILES string of the molecule is Cc1cccc(C)c1N(c1[c-]c(-n2[cH+]n(C(C)C)c3ccccc32)ccc1)c1[c-]c2c(cc1)c1ccccc1n2-c1cc(-c2ccccc2C(C)C)ccn1.[Pt]. The molecular formula is C50H44N5Pt-. The van der Waals surface area contributed by atoms with Gasteiger partial charge in [-0.2, -0.15) is 12.1 Å². The number of imidazole rings is 1. The Morgan fingerprint density at radius 3 is 2.09 bits per heavy atom. The number of anilines is 3. The molecular weight excluding hydrogens is 866 g/mol. The van der Waals surface area contributed by atoms with Crippen LogP contribution in [0.5, 0.6) is 0 Å². The maximum absolute atomic E-state index is 5.00. The Hall–Kier alpha value is -5.77. The summed E-state index contributed by atoms with van der Waals surface area (Å²) in [5.74, 6) is 1.26. The Morgan fingerprint density at radius 1 is 0.643 bits per heavy atom. The molecule has 0 spiro atoms. The summed E-state index contributed by atoms with van der Waals surface area (Å²) in [7, 11) is 0. The fourth-order valence-electron chi connectivity index (χ4n) is 8.21. The van der Waals surface area contributed by atoms with Crippen molar-refractivity contribution in [3.05, 3.63) is 175 Å². The molecule has 9 rings (SSSR count). The third-order valence-corrected chi connectivity index (χ3v) is 10.8. The molecule has 0 amide bonds. The van der Waals surface area contributed by atoms with Crippen molar-refractivity contribution < 1.29 is 21.1 Å². The smallest absolute Gasteiger partial charge is 0.188 e. The zero-order valence-electron chi connectivity index (χ0n) is 32.6. The van der Waals surface area contributed by atoms with E-state index in [1.165, 1.54) is 33.2 Å². The molecule has 56 heavy (non-hydrogen) atoms. The standard InChI is InChI=1S/C50H44N5.Pt/c1-33(2)41-19-7-8-20-42(41)37-27-28-51-49(29-37)55-45-22-10-9-21-43(45)44-26-25-40(31-48(44)55)54(50-35(5)15-13-16-36(50)6)39-18-14-17-38(30-39)53-32-52(34(3)4)46-23-11-12-24-47(46)53;/h7-29,32-34H,1-6H3;/q-1;. The number of hydrogen-bond donors (Lipinski definition) is 0. The predicted octanol–water partition coefficient (Wildman–Crippen LogP) is 13.3. The van der Waals surface area contributed by atoms with E-state index in [9.17, 15) is 0 Å². The molecule has 0 atom stereocenters. The molecule has 3 heterocycles. The van der Waals surface area contributed by atoms with Gasteiger partial charge in [0.25, 0.3) is 0 Å². The van der Waals surface area contributed by atoms with E-state index in [0.29, 0.717) is 12.0 Å². The quantitative estimate of drug-likeness (QED) is 0.142. The van der Waals surface area contributed by atoms with E-state index in [2.05, 4.69) is 212 Å². The van der Waals surface area contributed by atoms with Gasteiger partial charge in [0.2, 0.25) is 0 Å². The molecule has 6 aromatic carbocycles. The number of rotatable bonds is 8. The third-order valence-electron chi connectivity index (χ3n) is 10.8. The number of aryl methyl sites for hydroxylation is 2. The van der Waals surface area contributed by atoms with Gasteiger partial charge in [-0.05, 0) is 97.1 Å². The van der Waals surface area contributed by atoms with Crippen LogP contribution in [0.2, 0.25) is 0 Å². The molecule has 9 aromatic rings. The number of benzene rings is 6. The number of para-hydroxylation sites is 4. The molecule has 5 nitrogen and oxygen atoms in total. The van der Waals surface area contributed by atoms with Crippen LogP contribution in [0, 0.1) is 26.0 Å². The Balaban J connectivity index is 0.00000441. The third kappa shape index (κ3) is 6.34. The van der Waals surface area contributed by atoms with E-state index in [0.717, 1.165) is 56.1 Å². The first-order valence-electron chi connectivity index (χ1n) is 19.2. The molecule has 0 aliphatic carbocycles. The summed E-state index contributed by atoms with van der Waals surface area (Å²) in [5.41, 5.74) is 14.4. The molecule has 6 heteroatoms. The molecule has 0 aliphatic rings. The second kappa shape index (κ2) is 15.0. The first-order chi connectivity index (χ1) is 26.8. The maximum atomic E-state index is 5.00. The van der Waals surface area contributed by atoms with Crippen LogP contribution in [0.25, 0.3) is 55.5 Å². The molecule has 0 aliphatic heterocycles. The van der Waals surface area contributed by atoms with Crippen molar-refractivity contribution in [3.63, 3.8) is 0 Å². The van der Waals surface area contributed by atoms with E-state index in [1.807, 2.05) is 6.20 Å². The molecule has 280 valence electrons. The predicted molar refractivity (Wildman–Crippen MR) is 230 cm³/mol. The first kappa shape index (κ1) is 37.2. The van der Waals surface area contributed by atoms with Gasteiger partial charge in [0.15, 0.2) is 17.4 Å². The van der Waals surface area contributed by atoms with Crippen molar-refractivity contribution in [2.24, 2.45) is 0 Å². The van der Waals surface area contributed by atoms with E-state index in [1.54, 1.807) is 0 Å². The van der Waals surface area contributed by atoms with Crippen LogP contribution in [0.4, 0.5) is 17.1 Å². The molecule has 0 N–H and O–H groups in total. The largest absolute Gasteiger partial charge is 0.357 e. The number of fused-ring (bicyclic) bond motifs is 4. The van der Waals surface area contributed by atoms with Gasteiger partial charge in [0, 0.05) is 56.3 Å². The molecule has 0 unspecified atom stereocenters. The van der Waals surface area contributed by atoms with Gasteiger partial charge in [-0.1, -0.05) is 97.5 Å². The van der Waals surface area contributed by atoms with Crippen molar-refractivity contribution in [2.75, 3.05) is 4.90 Å². The zero-order valence-corrected chi connectivity index (χ0v) is 34.8. The van der Waals surface area contributed by atoms with Crippen molar-refractivity contribution in [1.82, 2.24) is 18.7 Å². The average molecular weight is 910 g/mol. The van der Waals surface area contributed by atoms with Gasteiger partial charge in [-0.3, -0.25) is 0 Å². The summed E-state index contributed by atoms with van der Waals surface area (Å²) in [5, 5.41) is 2.30. The van der Waals surface area contributed by atoms with Crippen LogP contribution in [0.3, 0.4) is 0 Å². The minimum Gasteiger partial charge on any atom is -0.357 e. The minimum absolute atomic E-state index is 0. The molecule has 3 aromatic heterocycles. The van der Waals surface area contributed by atoms with E-state index in [-0.39, 0.29) is 21.1 Å². The Kier molecular flexibility index (Phi) is 9.99. The van der Waals surface area contributed by atoms with E-state index >= 15 is 0 Å². The van der Waals surface area contributed by atoms with Gasteiger partial charge >= 0.3 is 0 Å². The summed E-state index contributed by atoms with van der Waals surface area (Å²) >= 11 is 0. The minimum atomic E-state index is 0. The average Bonchev–Trinajstić information content (AvgIpc) is 3.76. The molecule has 0 saturated carbocycles. The summed E-state index contributed by atoms with van der Waals surface area (Å²) in [6.07, 6.45) is 4.13. The van der Waals surface area contributed by atoms with Gasteiger partial charge in [-0.25, -0.2) is 14.1 Å². The van der Waals surface area contributed by atoms with Crippen LogP contribution >= 0.6 is 0 Å². The van der Waals surface area contributed by atoms with Gasteiger partial charge in [0.1, 0.15) is 5.82 Å². The van der Waals surface area contributed by atoms with Crippen LogP contribution in [-0.4, -0.2) is 18.7 Å². The van der Waals surface area contributed by atoms with Crippen molar-refractivity contribution in [3.8, 4) is 22.6 Å². The summed E-state index contributed by atoms with van der Waals surface area (Å²) < 4.78 is 6.85. The molecule has 0 fully saturated rings. The van der Waals surface area contributed by atoms with E-state index < -0.39 is 0 Å². The van der Waals surface area contributed by atoms with Crippen LogP contribution in [0.15, 0.2) is 146 Å². The van der Waals surface area contributed by atoms with Crippen LogP contribution in [0.1, 0.15) is 56.3 Å². The topological polar surface area (TPSA) is 30.9 Å². The normalized spacial score (nSPS) is 11.6. The number of hydrogen-bond acceptors (Lipinski definition) is 2. The molecule has 0 saturated heterocycles. The first-order valence-corrected chi connectivity index (χ1v) is 19.2. The summed E-state index contributed by atoms with van der Waals surface area (Å²) in [4.78, 5) is 7.32. The van der Waals surface area contributed by atoms with Crippen LogP contribution < -0.4 is 4.90 Å². The Morgan fingerprint density at radius 2 is 1.32 bits per heavy atom. The summed E-state index contributed by atoms with van der Waals surface area (Å²) in [6.45, 7) is 13.3. The monoisotopic (exact) mass is 909 g/mol. The Bertz CT molecular complexity index is 2860.